The van der Waals surface area contributed by atoms with Gasteiger partial charge in [-0.1, -0.05) is 32.9 Å². The van der Waals surface area contributed by atoms with Crippen LogP contribution in [0.2, 0.25) is 0 Å². The quantitative estimate of drug-likeness (QED) is 0.589. The average molecular weight is 254 g/mol. The van der Waals surface area contributed by atoms with Crippen molar-refractivity contribution in [3.8, 4) is 0 Å². The molecule has 0 aliphatic heterocycles. The molecule has 3 heteroatoms. The Labute approximate surface area is 109 Å². The highest BCUT2D eigenvalue weighted by Crippen LogP contribution is 2.26. The van der Waals surface area contributed by atoms with Gasteiger partial charge in [0.05, 0.1) is 0 Å². The largest absolute Gasteiger partial charge is 0.355 e. The Morgan fingerprint density at radius 1 is 1.06 bits per heavy atom. The molecule has 17 heavy (non-hydrogen) atoms. The van der Waals surface area contributed by atoms with Gasteiger partial charge in [0.25, 0.3) is 0 Å². The van der Waals surface area contributed by atoms with E-state index in [0.717, 1.165) is 5.75 Å². The molecule has 0 atom stereocenters. The van der Waals surface area contributed by atoms with Gasteiger partial charge in [0.2, 0.25) is 0 Å². The van der Waals surface area contributed by atoms with Gasteiger partial charge in [0.1, 0.15) is 0 Å². The lowest BCUT2D eigenvalue weighted by atomic mass is 9.87. The van der Waals surface area contributed by atoms with Gasteiger partial charge in [-0.2, -0.15) is 0 Å². The Hall–Kier alpha value is -0.510. The lowest BCUT2D eigenvalue weighted by molar-refractivity contribution is -0.0842. The summed E-state index contributed by atoms with van der Waals surface area (Å²) < 4.78 is 10.3. The highest BCUT2D eigenvalue weighted by Gasteiger charge is 2.13. The molecule has 0 aliphatic rings. The maximum Gasteiger partial charge on any atom is 0.166 e. The zero-order valence-corrected chi connectivity index (χ0v) is 12.1. The van der Waals surface area contributed by atoms with Gasteiger partial charge in [0, 0.05) is 24.9 Å². The number of benzene rings is 1. The van der Waals surface area contributed by atoms with Crippen LogP contribution in [-0.2, 0) is 14.9 Å². The lowest BCUT2D eigenvalue weighted by Gasteiger charge is -2.19. The lowest BCUT2D eigenvalue weighted by Crippen LogP contribution is -2.15. The fourth-order valence-electron chi connectivity index (χ4n) is 1.45. The molecule has 1 aromatic rings. The maximum absolute atomic E-state index is 5.16. The molecule has 0 saturated heterocycles. The first-order chi connectivity index (χ1) is 7.97. The van der Waals surface area contributed by atoms with Gasteiger partial charge in [-0.3, -0.25) is 0 Å². The average Bonchev–Trinajstić information content (AvgIpc) is 2.30. The second kappa shape index (κ2) is 6.43. The minimum Gasteiger partial charge on any atom is -0.355 e. The van der Waals surface area contributed by atoms with Crippen molar-refractivity contribution in [2.45, 2.75) is 37.4 Å². The monoisotopic (exact) mass is 254 g/mol. The Balaban J connectivity index is 2.57. The summed E-state index contributed by atoms with van der Waals surface area (Å²) in [6, 6.07) is 8.70. The van der Waals surface area contributed by atoms with Gasteiger partial charge in [0.15, 0.2) is 6.29 Å². The molecule has 0 aliphatic carbocycles. The van der Waals surface area contributed by atoms with Crippen LogP contribution in [0.3, 0.4) is 0 Å². The van der Waals surface area contributed by atoms with Gasteiger partial charge in [-0.05, 0) is 23.1 Å². The number of hydrogen-bond acceptors (Lipinski definition) is 3. The number of thioether (sulfide) groups is 1. The zero-order valence-electron chi connectivity index (χ0n) is 11.3. The predicted octanol–water partition coefficient (Wildman–Crippen LogP) is 3.70. The summed E-state index contributed by atoms with van der Waals surface area (Å²) >= 11 is 1.75. The second-order valence-electron chi connectivity index (χ2n) is 4.99. The summed E-state index contributed by atoms with van der Waals surface area (Å²) in [4.78, 5) is 1.25. The Morgan fingerprint density at radius 2 is 1.59 bits per heavy atom. The summed E-state index contributed by atoms with van der Waals surface area (Å²) in [5, 5.41) is 0. The number of ether oxygens (including phenoxy) is 2. The van der Waals surface area contributed by atoms with Crippen LogP contribution in [0.1, 0.15) is 26.3 Å². The van der Waals surface area contributed by atoms with E-state index in [1.807, 2.05) is 0 Å². The van der Waals surface area contributed by atoms with Gasteiger partial charge in [-0.15, -0.1) is 11.8 Å². The summed E-state index contributed by atoms with van der Waals surface area (Å²) in [5.41, 5.74) is 1.57. The molecule has 2 nitrogen and oxygen atoms in total. The van der Waals surface area contributed by atoms with Crippen molar-refractivity contribution in [3.05, 3.63) is 29.8 Å². The van der Waals surface area contributed by atoms with E-state index in [4.69, 9.17) is 9.47 Å². The molecule has 0 fully saturated rings. The fourth-order valence-corrected chi connectivity index (χ4v) is 2.38. The second-order valence-corrected chi connectivity index (χ2v) is 6.08. The Bertz CT molecular complexity index is 323. The van der Waals surface area contributed by atoms with Crippen molar-refractivity contribution < 1.29 is 9.47 Å². The molecule has 0 bridgehead atoms. The molecule has 0 N–H and O–H groups in total. The van der Waals surface area contributed by atoms with E-state index in [1.165, 1.54) is 10.5 Å². The third kappa shape index (κ3) is 4.70. The van der Waals surface area contributed by atoms with Crippen molar-refractivity contribution in [2.75, 3.05) is 20.0 Å². The third-order valence-corrected chi connectivity index (χ3v) is 3.68. The smallest absolute Gasteiger partial charge is 0.166 e. The van der Waals surface area contributed by atoms with E-state index >= 15 is 0 Å². The summed E-state index contributed by atoms with van der Waals surface area (Å²) in [6.45, 7) is 6.67. The highest BCUT2D eigenvalue weighted by atomic mass is 32.2. The van der Waals surface area contributed by atoms with Crippen LogP contribution in [0.5, 0.6) is 0 Å². The highest BCUT2D eigenvalue weighted by molar-refractivity contribution is 7.99. The Morgan fingerprint density at radius 3 is 2.00 bits per heavy atom. The third-order valence-electron chi connectivity index (χ3n) is 2.63. The number of hydrogen-bond donors (Lipinski definition) is 0. The molecule has 0 amide bonds. The topological polar surface area (TPSA) is 18.5 Å². The molecule has 0 saturated carbocycles. The summed E-state index contributed by atoms with van der Waals surface area (Å²) in [6.07, 6.45) is -0.137. The van der Waals surface area contributed by atoms with Crippen LogP contribution in [0, 0.1) is 0 Å². The van der Waals surface area contributed by atoms with Crippen molar-refractivity contribution >= 4 is 11.8 Å². The minimum absolute atomic E-state index is 0.137. The first-order valence-electron chi connectivity index (χ1n) is 5.76. The molecule has 0 radical (unpaired) electrons. The van der Waals surface area contributed by atoms with Crippen molar-refractivity contribution in [1.82, 2.24) is 0 Å². The first kappa shape index (κ1) is 14.6. The normalized spacial score (nSPS) is 12.1. The van der Waals surface area contributed by atoms with E-state index in [9.17, 15) is 0 Å². The molecule has 0 unspecified atom stereocenters. The van der Waals surface area contributed by atoms with E-state index in [0.29, 0.717) is 0 Å². The summed E-state index contributed by atoms with van der Waals surface area (Å²) in [5.74, 6) is 0.807. The molecular weight excluding hydrogens is 232 g/mol. The van der Waals surface area contributed by atoms with Crippen molar-refractivity contribution in [1.29, 1.82) is 0 Å². The minimum atomic E-state index is -0.137. The van der Waals surface area contributed by atoms with E-state index in [2.05, 4.69) is 45.0 Å². The molecular formula is C14H22O2S. The van der Waals surface area contributed by atoms with Crippen LogP contribution < -0.4 is 0 Å². The fraction of sp³-hybridized carbons (Fsp3) is 0.571. The Kier molecular flexibility index (Phi) is 5.50. The van der Waals surface area contributed by atoms with Crippen LogP contribution in [0.25, 0.3) is 0 Å². The van der Waals surface area contributed by atoms with E-state index in [-0.39, 0.29) is 11.7 Å². The molecule has 1 aromatic carbocycles. The van der Waals surface area contributed by atoms with E-state index < -0.39 is 0 Å². The van der Waals surface area contributed by atoms with Gasteiger partial charge >= 0.3 is 0 Å². The molecule has 0 aromatic heterocycles. The van der Waals surface area contributed by atoms with Gasteiger partial charge in [-0.25, -0.2) is 0 Å². The molecule has 0 heterocycles. The molecule has 96 valence electrons. The standard InChI is InChI=1S/C14H22O2S/c1-14(2,3)11-6-8-12(9-7-11)17-10-13(15-4)16-5/h6-9,13H,10H2,1-5H3. The van der Waals surface area contributed by atoms with Crippen molar-refractivity contribution in [2.24, 2.45) is 0 Å². The van der Waals surface area contributed by atoms with Crippen molar-refractivity contribution in [3.63, 3.8) is 0 Å². The van der Waals surface area contributed by atoms with Crippen LogP contribution in [0.4, 0.5) is 0 Å². The number of rotatable bonds is 5. The first-order valence-corrected chi connectivity index (χ1v) is 6.75. The van der Waals surface area contributed by atoms with E-state index in [1.54, 1.807) is 26.0 Å². The number of methoxy groups -OCH3 is 2. The van der Waals surface area contributed by atoms with Crippen LogP contribution >= 0.6 is 11.8 Å². The van der Waals surface area contributed by atoms with Crippen LogP contribution in [-0.4, -0.2) is 26.3 Å². The molecule has 0 spiro atoms. The predicted molar refractivity (Wildman–Crippen MR) is 73.7 cm³/mol. The van der Waals surface area contributed by atoms with Crippen LogP contribution in [0.15, 0.2) is 29.2 Å². The summed E-state index contributed by atoms with van der Waals surface area (Å²) in [7, 11) is 3.33. The molecule has 1 rings (SSSR count). The SMILES string of the molecule is COC(CSc1ccc(C(C)(C)C)cc1)OC. The zero-order chi connectivity index (χ0) is 12.9. The maximum atomic E-state index is 5.16. The van der Waals surface area contributed by atoms with Gasteiger partial charge < -0.3 is 9.47 Å².